The van der Waals surface area contributed by atoms with Gasteiger partial charge in [0.25, 0.3) is 0 Å². The minimum Gasteiger partial charge on any atom is -0.323 e. The first-order chi connectivity index (χ1) is 7.65. The van der Waals surface area contributed by atoms with Gasteiger partial charge in [0.05, 0.1) is 0 Å². The zero-order valence-electron chi connectivity index (χ0n) is 8.63. The second kappa shape index (κ2) is 5.13. The van der Waals surface area contributed by atoms with E-state index < -0.39 is 0 Å². The van der Waals surface area contributed by atoms with E-state index in [9.17, 15) is 0 Å². The molecule has 0 saturated heterocycles. The number of aromatic amines is 1. The number of imidazole rings is 1. The largest absolute Gasteiger partial charge is 0.323 e. The first kappa shape index (κ1) is 11.8. The van der Waals surface area contributed by atoms with E-state index >= 15 is 0 Å². The lowest BCUT2D eigenvalue weighted by Crippen LogP contribution is -1.82. The van der Waals surface area contributed by atoms with Crippen LogP contribution in [0, 0.1) is 6.92 Å². The van der Waals surface area contributed by atoms with Gasteiger partial charge in [0.15, 0.2) is 10.3 Å². The number of benzene rings is 1. The van der Waals surface area contributed by atoms with Crippen LogP contribution in [0.15, 0.2) is 29.4 Å². The molecule has 0 bridgehead atoms. The van der Waals surface area contributed by atoms with Crippen LogP contribution in [0.2, 0.25) is 10.3 Å². The predicted molar refractivity (Wildman–Crippen MR) is 69.3 cm³/mol. The molecule has 0 amide bonds. The normalized spacial score (nSPS) is 10.7. The summed E-state index contributed by atoms with van der Waals surface area (Å²) < 4.78 is 0. The number of thioether (sulfide) groups is 1. The Morgan fingerprint density at radius 1 is 1.25 bits per heavy atom. The van der Waals surface area contributed by atoms with Crippen molar-refractivity contribution in [1.29, 1.82) is 0 Å². The van der Waals surface area contributed by atoms with Crippen LogP contribution < -0.4 is 0 Å². The minimum atomic E-state index is 0.327. The third-order valence-corrected chi connectivity index (χ3v) is 3.68. The van der Waals surface area contributed by atoms with E-state index in [1.54, 1.807) is 11.8 Å². The number of rotatable bonds is 3. The quantitative estimate of drug-likeness (QED) is 0.844. The van der Waals surface area contributed by atoms with Gasteiger partial charge >= 0.3 is 0 Å². The summed E-state index contributed by atoms with van der Waals surface area (Å²) in [5.41, 5.74) is 2.51. The lowest BCUT2D eigenvalue weighted by molar-refractivity contribution is 1.06. The SMILES string of the molecule is Cc1ccc(CSc2nc(Cl)c(Cl)[nH]2)cc1. The molecule has 0 radical (unpaired) electrons. The second-order valence-electron chi connectivity index (χ2n) is 3.42. The molecule has 0 aliphatic heterocycles. The number of halogens is 2. The first-order valence-corrected chi connectivity index (χ1v) is 6.48. The average Bonchev–Trinajstić information content (AvgIpc) is 2.58. The van der Waals surface area contributed by atoms with Crippen LogP contribution >= 0.6 is 35.0 Å². The molecule has 16 heavy (non-hydrogen) atoms. The highest BCUT2D eigenvalue weighted by atomic mass is 35.5. The fourth-order valence-corrected chi connectivity index (χ4v) is 2.41. The molecule has 0 saturated carbocycles. The van der Waals surface area contributed by atoms with Gasteiger partial charge in [-0.25, -0.2) is 4.98 Å². The number of nitrogens with zero attached hydrogens (tertiary/aromatic N) is 1. The van der Waals surface area contributed by atoms with Crippen molar-refractivity contribution in [2.45, 2.75) is 17.8 Å². The molecule has 2 aromatic rings. The number of aromatic nitrogens is 2. The average molecular weight is 273 g/mol. The van der Waals surface area contributed by atoms with Gasteiger partial charge in [0.1, 0.15) is 5.15 Å². The van der Waals surface area contributed by atoms with Crippen LogP contribution in [0.3, 0.4) is 0 Å². The van der Waals surface area contributed by atoms with E-state index in [1.807, 2.05) is 0 Å². The van der Waals surface area contributed by atoms with Gasteiger partial charge < -0.3 is 4.98 Å². The number of H-pyrrole nitrogens is 1. The van der Waals surface area contributed by atoms with E-state index in [4.69, 9.17) is 23.2 Å². The molecule has 0 fully saturated rings. The van der Waals surface area contributed by atoms with E-state index in [1.165, 1.54) is 11.1 Å². The zero-order valence-corrected chi connectivity index (χ0v) is 11.0. The molecule has 0 aliphatic rings. The van der Waals surface area contributed by atoms with Gasteiger partial charge in [-0.2, -0.15) is 0 Å². The predicted octanol–water partition coefficient (Wildman–Crippen LogP) is 4.32. The summed E-state index contributed by atoms with van der Waals surface area (Å²) in [4.78, 5) is 7.00. The third kappa shape index (κ3) is 2.94. The Morgan fingerprint density at radius 2 is 1.94 bits per heavy atom. The van der Waals surface area contributed by atoms with Crippen LogP contribution in [-0.2, 0) is 5.75 Å². The Kier molecular flexibility index (Phi) is 3.79. The smallest absolute Gasteiger partial charge is 0.168 e. The number of aryl methyl sites for hydroxylation is 1. The molecule has 0 aliphatic carbocycles. The molecule has 2 nitrogen and oxygen atoms in total. The number of hydrogen-bond acceptors (Lipinski definition) is 2. The Balaban J connectivity index is 1.99. The molecule has 5 heteroatoms. The summed E-state index contributed by atoms with van der Waals surface area (Å²) in [6, 6.07) is 8.40. The van der Waals surface area contributed by atoms with E-state index in [-0.39, 0.29) is 0 Å². The van der Waals surface area contributed by atoms with Crippen molar-refractivity contribution in [1.82, 2.24) is 9.97 Å². The van der Waals surface area contributed by atoms with Crippen molar-refractivity contribution in [3.05, 3.63) is 45.7 Å². The lowest BCUT2D eigenvalue weighted by Gasteiger charge is -1.99. The molecular formula is C11H10Cl2N2S. The van der Waals surface area contributed by atoms with Crippen molar-refractivity contribution in [3.8, 4) is 0 Å². The van der Waals surface area contributed by atoms with Crippen LogP contribution in [0.4, 0.5) is 0 Å². The highest BCUT2D eigenvalue weighted by Crippen LogP contribution is 2.26. The molecule has 1 aromatic heterocycles. The summed E-state index contributed by atoms with van der Waals surface area (Å²) in [5.74, 6) is 0.848. The molecular weight excluding hydrogens is 263 g/mol. The van der Waals surface area contributed by atoms with Crippen molar-refractivity contribution in [2.75, 3.05) is 0 Å². The maximum Gasteiger partial charge on any atom is 0.168 e. The maximum atomic E-state index is 5.77. The highest BCUT2D eigenvalue weighted by molar-refractivity contribution is 7.98. The van der Waals surface area contributed by atoms with Gasteiger partial charge in [-0.05, 0) is 12.5 Å². The second-order valence-corrected chi connectivity index (χ2v) is 5.12. The highest BCUT2D eigenvalue weighted by Gasteiger charge is 2.06. The van der Waals surface area contributed by atoms with Gasteiger partial charge in [0.2, 0.25) is 0 Å². The molecule has 0 unspecified atom stereocenters. The van der Waals surface area contributed by atoms with Crippen molar-refractivity contribution < 1.29 is 0 Å². The minimum absolute atomic E-state index is 0.327. The fourth-order valence-electron chi connectivity index (χ4n) is 1.22. The Labute approximate surface area is 108 Å². The van der Waals surface area contributed by atoms with Gasteiger partial charge in [-0.3, -0.25) is 0 Å². The lowest BCUT2D eigenvalue weighted by atomic mass is 10.2. The molecule has 1 heterocycles. The summed E-state index contributed by atoms with van der Waals surface area (Å²) in [5, 5.41) is 1.47. The third-order valence-electron chi connectivity index (χ3n) is 2.09. The molecule has 2 rings (SSSR count). The van der Waals surface area contributed by atoms with E-state index in [2.05, 4.69) is 41.2 Å². The summed E-state index contributed by atoms with van der Waals surface area (Å²) in [6.07, 6.45) is 0. The molecule has 84 valence electrons. The maximum absolute atomic E-state index is 5.77. The van der Waals surface area contributed by atoms with Crippen molar-refractivity contribution in [2.24, 2.45) is 0 Å². The Bertz CT molecular complexity index is 460. The van der Waals surface area contributed by atoms with E-state index in [0.29, 0.717) is 10.3 Å². The fraction of sp³-hybridized carbons (Fsp3) is 0.182. The topological polar surface area (TPSA) is 28.7 Å². The van der Waals surface area contributed by atoms with Crippen LogP contribution in [-0.4, -0.2) is 9.97 Å². The monoisotopic (exact) mass is 272 g/mol. The van der Waals surface area contributed by atoms with Crippen LogP contribution in [0.1, 0.15) is 11.1 Å². The zero-order chi connectivity index (χ0) is 11.5. The van der Waals surface area contributed by atoms with Gasteiger partial charge in [-0.15, -0.1) is 0 Å². The van der Waals surface area contributed by atoms with Gasteiger partial charge in [0, 0.05) is 5.75 Å². The van der Waals surface area contributed by atoms with Gasteiger partial charge in [-0.1, -0.05) is 64.8 Å². The first-order valence-electron chi connectivity index (χ1n) is 4.74. The number of nitrogens with one attached hydrogen (secondary N) is 1. The molecule has 1 N–H and O–H groups in total. The van der Waals surface area contributed by atoms with Crippen molar-refractivity contribution >= 4 is 35.0 Å². The molecule has 0 atom stereocenters. The Morgan fingerprint density at radius 3 is 2.50 bits per heavy atom. The summed E-state index contributed by atoms with van der Waals surface area (Å²) >= 11 is 13.1. The van der Waals surface area contributed by atoms with Crippen LogP contribution in [0.5, 0.6) is 0 Å². The Hall–Kier alpha value is -0.640. The number of hydrogen-bond donors (Lipinski definition) is 1. The van der Waals surface area contributed by atoms with Crippen LogP contribution in [0.25, 0.3) is 0 Å². The summed E-state index contributed by atoms with van der Waals surface area (Å²) in [6.45, 7) is 2.07. The molecule has 1 aromatic carbocycles. The molecule has 0 spiro atoms. The summed E-state index contributed by atoms with van der Waals surface area (Å²) in [7, 11) is 0. The van der Waals surface area contributed by atoms with E-state index in [0.717, 1.165) is 10.9 Å². The van der Waals surface area contributed by atoms with Crippen molar-refractivity contribution in [3.63, 3.8) is 0 Å². The standard InChI is InChI=1S/C11H10Cl2N2S/c1-7-2-4-8(5-3-7)6-16-11-14-9(12)10(13)15-11/h2-5H,6H2,1H3,(H,14,15).